The van der Waals surface area contributed by atoms with Gasteiger partial charge >= 0.3 is 0 Å². The number of rotatable bonds is 6. The van der Waals surface area contributed by atoms with Gasteiger partial charge in [0.1, 0.15) is 18.0 Å². The van der Waals surface area contributed by atoms with Gasteiger partial charge in [-0.3, -0.25) is 0 Å². The summed E-state index contributed by atoms with van der Waals surface area (Å²) in [5.74, 6) is 1.23. The zero-order valence-corrected chi connectivity index (χ0v) is 13.3. The molecule has 20 heavy (non-hydrogen) atoms. The van der Waals surface area contributed by atoms with E-state index in [4.69, 9.17) is 0 Å². The minimum Gasteiger partial charge on any atom is -0.248 e. The van der Waals surface area contributed by atoms with Crippen LogP contribution in [-0.4, -0.2) is 20.1 Å². The van der Waals surface area contributed by atoms with Crippen LogP contribution < -0.4 is 0 Å². The Kier molecular flexibility index (Phi) is 5.29. The Labute approximate surface area is 127 Å². The average molecular weight is 340 g/mol. The first-order valence-electron chi connectivity index (χ1n) is 6.79. The fourth-order valence-electron chi connectivity index (χ4n) is 2.24. The Hall–Kier alpha value is -1.23. The lowest BCUT2D eigenvalue weighted by Crippen LogP contribution is -2.16. The van der Waals surface area contributed by atoms with Crippen molar-refractivity contribution < 1.29 is 4.39 Å². The van der Waals surface area contributed by atoms with Crippen molar-refractivity contribution in [3.63, 3.8) is 0 Å². The van der Waals surface area contributed by atoms with E-state index in [1.54, 1.807) is 6.33 Å². The summed E-state index contributed by atoms with van der Waals surface area (Å²) in [4.78, 5) is 4.35. The second-order valence-corrected chi connectivity index (χ2v) is 5.92. The summed E-state index contributed by atoms with van der Waals surface area (Å²) < 4.78 is 14.9. The SMILES string of the molecule is CC(C)n1ncnc1CC(CBr)Cc1ccc(F)cc1. The van der Waals surface area contributed by atoms with Crippen molar-refractivity contribution in [2.45, 2.75) is 32.7 Å². The molecule has 2 aromatic rings. The van der Waals surface area contributed by atoms with Gasteiger partial charge in [-0.2, -0.15) is 5.10 Å². The van der Waals surface area contributed by atoms with E-state index in [9.17, 15) is 4.39 Å². The van der Waals surface area contributed by atoms with Crippen LogP contribution in [0.25, 0.3) is 0 Å². The topological polar surface area (TPSA) is 30.7 Å². The Morgan fingerprint density at radius 3 is 2.50 bits per heavy atom. The smallest absolute Gasteiger partial charge is 0.138 e. The van der Waals surface area contributed by atoms with Crippen LogP contribution in [-0.2, 0) is 12.8 Å². The normalized spacial score (nSPS) is 12.8. The van der Waals surface area contributed by atoms with Crippen LogP contribution in [0.3, 0.4) is 0 Å². The summed E-state index contributed by atoms with van der Waals surface area (Å²) in [6.07, 6.45) is 3.37. The van der Waals surface area contributed by atoms with Crippen LogP contribution in [0, 0.1) is 11.7 Å². The molecule has 5 heteroatoms. The molecular weight excluding hydrogens is 321 g/mol. The second-order valence-electron chi connectivity index (χ2n) is 5.27. The number of benzene rings is 1. The Morgan fingerprint density at radius 1 is 1.20 bits per heavy atom. The van der Waals surface area contributed by atoms with Gasteiger partial charge in [0.05, 0.1) is 0 Å². The molecule has 1 unspecified atom stereocenters. The fraction of sp³-hybridized carbons (Fsp3) is 0.467. The van der Waals surface area contributed by atoms with Gasteiger partial charge in [0.15, 0.2) is 0 Å². The van der Waals surface area contributed by atoms with E-state index >= 15 is 0 Å². The molecule has 3 nitrogen and oxygen atoms in total. The van der Waals surface area contributed by atoms with Crippen LogP contribution in [0.2, 0.25) is 0 Å². The fourth-order valence-corrected chi connectivity index (χ4v) is 2.70. The zero-order valence-electron chi connectivity index (χ0n) is 11.8. The summed E-state index contributed by atoms with van der Waals surface area (Å²) in [5.41, 5.74) is 1.14. The van der Waals surface area contributed by atoms with Crippen molar-refractivity contribution in [2.24, 2.45) is 5.92 Å². The zero-order chi connectivity index (χ0) is 14.5. The van der Waals surface area contributed by atoms with Gasteiger partial charge in [-0.25, -0.2) is 14.1 Å². The quantitative estimate of drug-likeness (QED) is 0.749. The number of hydrogen-bond donors (Lipinski definition) is 0. The minimum atomic E-state index is -0.191. The lowest BCUT2D eigenvalue weighted by molar-refractivity contribution is 0.473. The lowest BCUT2D eigenvalue weighted by Gasteiger charge is -2.16. The first kappa shape index (κ1) is 15.2. The molecule has 0 N–H and O–H groups in total. The molecule has 0 spiro atoms. The highest BCUT2D eigenvalue weighted by Gasteiger charge is 2.15. The molecular formula is C15H19BrFN3. The Balaban J connectivity index is 2.05. The largest absolute Gasteiger partial charge is 0.248 e. The van der Waals surface area contributed by atoms with Crippen LogP contribution in [0.5, 0.6) is 0 Å². The molecule has 0 radical (unpaired) electrons. The van der Waals surface area contributed by atoms with E-state index in [1.807, 2.05) is 16.8 Å². The maximum atomic E-state index is 12.9. The van der Waals surface area contributed by atoms with Gasteiger partial charge < -0.3 is 0 Å². The lowest BCUT2D eigenvalue weighted by atomic mass is 9.97. The van der Waals surface area contributed by atoms with Crippen LogP contribution >= 0.6 is 15.9 Å². The molecule has 1 heterocycles. The van der Waals surface area contributed by atoms with Gasteiger partial charge in [-0.1, -0.05) is 28.1 Å². The van der Waals surface area contributed by atoms with Gasteiger partial charge in [0, 0.05) is 17.8 Å². The third-order valence-electron chi connectivity index (χ3n) is 3.26. The minimum absolute atomic E-state index is 0.191. The second kappa shape index (κ2) is 6.97. The molecule has 0 fully saturated rings. The van der Waals surface area contributed by atoms with Crippen molar-refractivity contribution >= 4 is 15.9 Å². The first-order chi connectivity index (χ1) is 9.60. The van der Waals surface area contributed by atoms with E-state index in [2.05, 4.69) is 39.9 Å². The molecule has 0 saturated carbocycles. The summed E-state index contributed by atoms with van der Waals surface area (Å²) >= 11 is 3.56. The third kappa shape index (κ3) is 3.88. The molecule has 0 saturated heterocycles. The molecule has 0 amide bonds. The van der Waals surface area contributed by atoms with Crippen molar-refractivity contribution in [2.75, 3.05) is 5.33 Å². The van der Waals surface area contributed by atoms with Crippen LogP contribution in [0.1, 0.15) is 31.3 Å². The molecule has 1 aromatic heterocycles. The van der Waals surface area contributed by atoms with E-state index < -0.39 is 0 Å². The maximum Gasteiger partial charge on any atom is 0.138 e. The van der Waals surface area contributed by atoms with Crippen LogP contribution in [0.4, 0.5) is 4.39 Å². The predicted molar refractivity (Wildman–Crippen MR) is 81.5 cm³/mol. The molecule has 1 atom stereocenters. The predicted octanol–water partition coefficient (Wildman–Crippen LogP) is 3.79. The van der Waals surface area contributed by atoms with Gasteiger partial charge in [-0.05, 0) is 43.9 Å². The third-order valence-corrected chi connectivity index (χ3v) is 4.18. The molecule has 1 aromatic carbocycles. The molecule has 108 valence electrons. The number of nitrogens with zero attached hydrogens (tertiary/aromatic N) is 3. The summed E-state index contributed by atoms with van der Waals surface area (Å²) in [5, 5.41) is 5.15. The van der Waals surface area contributed by atoms with Gasteiger partial charge in [0.25, 0.3) is 0 Å². The molecule has 2 rings (SSSR count). The standard InChI is InChI=1S/C15H19BrFN3/c1-11(2)20-15(18-10-19-20)8-13(9-16)7-12-3-5-14(17)6-4-12/h3-6,10-11,13H,7-9H2,1-2H3. The highest BCUT2D eigenvalue weighted by Crippen LogP contribution is 2.17. The maximum absolute atomic E-state index is 12.9. The van der Waals surface area contributed by atoms with Crippen molar-refractivity contribution in [1.82, 2.24) is 14.8 Å². The first-order valence-corrected chi connectivity index (χ1v) is 7.91. The highest BCUT2D eigenvalue weighted by atomic mass is 79.9. The van der Waals surface area contributed by atoms with E-state index in [0.717, 1.165) is 29.6 Å². The Bertz CT molecular complexity index is 536. The summed E-state index contributed by atoms with van der Waals surface area (Å²) in [6.45, 7) is 4.20. The van der Waals surface area contributed by atoms with E-state index in [1.165, 1.54) is 12.1 Å². The molecule has 0 aliphatic rings. The monoisotopic (exact) mass is 339 g/mol. The molecule has 0 aliphatic carbocycles. The van der Waals surface area contributed by atoms with Crippen molar-refractivity contribution in [3.8, 4) is 0 Å². The number of halogens is 2. The van der Waals surface area contributed by atoms with Gasteiger partial charge in [0.2, 0.25) is 0 Å². The van der Waals surface area contributed by atoms with Gasteiger partial charge in [-0.15, -0.1) is 0 Å². The van der Waals surface area contributed by atoms with Crippen molar-refractivity contribution in [1.29, 1.82) is 0 Å². The number of alkyl halides is 1. The summed E-state index contributed by atoms with van der Waals surface area (Å²) in [6, 6.07) is 7.03. The number of aromatic nitrogens is 3. The molecule has 0 aliphatic heterocycles. The van der Waals surface area contributed by atoms with Crippen molar-refractivity contribution in [3.05, 3.63) is 47.8 Å². The van der Waals surface area contributed by atoms with E-state index in [-0.39, 0.29) is 5.82 Å². The number of hydrogen-bond acceptors (Lipinski definition) is 2. The Morgan fingerprint density at radius 2 is 1.90 bits per heavy atom. The van der Waals surface area contributed by atoms with Crippen LogP contribution in [0.15, 0.2) is 30.6 Å². The molecule has 0 bridgehead atoms. The highest BCUT2D eigenvalue weighted by molar-refractivity contribution is 9.09. The van der Waals surface area contributed by atoms with E-state index in [0.29, 0.717) is 12.0 Å². The summed E-state index contributed by atoms with van der Waals surface area (Å²) in [7, 11) is 0. The average Bonchev–Trinajstić information content (AvgIpc) is 2.88.